The van der Waals surface area contributed by atoms with Crippen molar-refractivity contribution < 1.29 is 0 Å². The normalized spacial score (nSPS) is 12.9. The predicted octanol–water partition coefficient (Wildman–Crippen LogP) is 2.44. The highest BCUT2D eigenvalue weighted by Gasteiger charge is 2.08. The Labute approximate surface area is 88.2 Å². The van der Waals surface area contributed by atoms with Crippen LogP contribution in [0.15, 0.2) is 29.1 Å². The number of benzene rings is 1. The van der Waals surface area contributed by atoms with Gasteiger partial charge in [-0.15, -0.1) is 0 Å². The second-order valence-electron chi connectivity index (χ2n) is 3.78. The quantitative estimate of drug-likeness (QED) is 0.813. The van der Waals surface area contributed by atoms with Crippen LogP contribution in [0.4, 0.5) is 0 Å². The molecule has 1 aromatic heterocycles. The average molecular weight is 202 g/mol. The summed E-state index contributed by atoms with van der Waals surface area (Å²) in [6.07, 6.45) is 0.973. The first-order valence-corrected chi connectivity index (χ1v) is 5.21. The molecular weight excluding hydrogens is 188 g/mol. The van der Waals surface area contributed by atoms with Crippen LogP contribution in [-0.2, 0) is 0 Å². The molecule has 3 heteroatoms. The van der Waals surface area contributed by atoms with E-state index in [2.05, 4.69) is 23.8 Å². The lowest BCUT2D eigenvalue weighted by molar-refractivity contribution is 0.680. The Morgan fingerprint density at radius 3 is 2.87 bits per heavy atom. The van der Waals surface area contributed by atoms with Gasteiger partial charge in [0.25, 0.3) is 5.56 Å². The fraction of sp³-hybridized carbons (Fsp3) is 0.333. The van der Waals surface area contributed by atoms with Crippen LogP contribution < -0.4 is 5.56 Å². The zero-order valence-electron chi connectivity index (χ0n) is 8.95. The Kier molecular flexibility index (Phi) is 2.54. The summed E-state index contributed by atoms with van der Waals surface area (Å²) in [6.45, 7) is 4.15. The van der Waals surface area contributed by atoms with Crippen molar-refractivity contribution in [2.45, 2.75) is 26.2 Å². The molecule has 2 rings (SSSR count). The van der Waals surface area contributed by atoms with E-state index in [0.717, 1.165) is 17.8 Å². The SMILES string of the molecule is CCC(C)c1nc2ccccc2c(=O)[nH]1. The van der Waals surface area contributed by atoms with E-state index in [1.807, 2.05) is 18.2 Å². The summed E-state index contributed by atoms with van der Waals surface area (Å²) in [5.41, 5.74) is 0.729. The predicted molar refractivity (Wildman–Crippen MR) is 61.1 cm³/mol. The lowest BCUT2D eigenvalue weighted by atomic mass is 10.1. The summed E-state index contributed by atoms with van der Waals surface area (Å²) < 4.78 is 0. The summed E-state index contributed by atoms with van der Waals surface area (Å²) in [4.78, 5) is 19.0. The molecule has 1 atom stereocenters. The van der Waals surface area contributed by atoms with E-state index < -0.39 is 0 Å². The summed E-state index contributed by atoms with van der Waals surface area (Å²) in [6, 6.07) is 7.41. The average Bonchev–Trinajstić information content (AvgIpc) is 2.28. The van der Waals surface area contributed by atoms with Crippen molar-refractivity contribution in [3.05, 3.63) is 40.4 Å². The van der Waals surface area contributed by atoms with E-state index in [1.165, 1.54) is 0 Å². The number of H-pyrrole nitrogens is 1. The first-order valence-electron chi connectivity index (χ1n) is 5.21. The molecule has 0 bridgehead atoms. The number of nitrogens with one attached hydrogen (secondary N) is 1. The maximum absolute atomic E-state index is 11.7. The maximum atomic E-state index is 11.7. The molecule has 0 fully saturated rings. The molecule has 0 aliphatic carbocycles. The van der Waals surface area contributed by atoms with E-state index in [0.29, 0.717) is 11.3 Å². The number of aromatic amines is 1. The molecule has 1 heterocycles. The second kappa shape index (κ2) is 3.85. The summed E-state index contributed by atoms with van der Waals surface area (Å²) in [7, 11) is 0. The van der Waals surface area contributed by atoms with Gasteiger partial charge in [0.15, 0.2) is 0 Å². The van der Waals surface area contributed by atoms with Gasteiger partial charge in [0.2, 0.25) is 0 Å². The highest BCUT2D eigenvalue weighted by atomic mass is 16.1. The molecule has 1 aromatic carbocycles. The number of nitrogens with zero attached hydrogens (tertiary/aromatic N) is 1. The Morgan fingerprint density at radius 2 is 2.13 bits per heavy atom. The van der Waals surface area contributed by atoms with Gasteiger partial charge in [-0.3, -0.25) is 4.79 Å². The Morgan fingerprint density at radius 1 is 1.40 bits per heavy atom. The van der Waals surface area contributed by atoms with E-state index in [9.17, 15) is 4.79 Å². The van der Waals surface area contributed by atoms with Gasteiger partial charge < -0.3 is 4.98 Å². The Balaban J connectivity index is 2.67. The van der Waals surface area contributed by atoms with E-state index >= 15 is 0 Å². The van der Waals surface area contributed by atoms with E-state index in [4.69, 9.17) is 0 Å². The molecule has 2 aromatic rings. The smallest absolute Gasteiger partial charge is 0.258 e. The van der Waals surface area contributed by atoms with Gasteiger partial charge in [-0.05, 0) is 18.6 Å². The van der Waals surface area contributed by atoms with Crippen LogP contribution in [0.5, 0.6) is 0 Å². The van der Waals surface area contributed by atoms with E-state index in [1.54, 1.807) is 6.07 Å². The van der Waals surface area contributed by atoms with Crippen LogP contribution in [0, 0.1) is 0 Å². The molecule has 78 valence electrons. The molecule has 0 spiro atoms. The minimum atomic E-state index is -0.0455. The van der Waals surface area contributed by atoms with Gasteiger partial charge in [0, 0.05) is 5.92 Å². The monoisotopic (exact) mass is 202 g/mol. The van der Waals surface area contributed by atoms with Gasteiger partial charge >= 0.3 is 0 Å². The van der Waals surface area contributed by atoms with Crippen molar-refractivity contribution in [3.8, 4) is 0 Å². The van der Waals surface area contributed by atoms with Crippen LogP contribution in [0.3, 0.4) is 0 Å². The molecule has 1 N–H and O–H groups in total. The maximum Gasteiger partial charge on any atom is 0.258 e. The van der Waals surface area contributed by atoms with Crippen LogP contribution in [0.25, 0.3) is 10.9 Å². The van der Waals surface area contributed by atoms with Gasteiger partial charge in [-0.2, -0.15) is 0 Å². The van der Waals surface area contributed by atoms with Crippen molar-refractivity contribution in [2.75, 3.05) is 0 Å². The molecule has 0 aliphatic rings. The van der Waals surface area contributed by atoms with Crippen molar-refractivity contribution in [3.63, 3.8) is 0 Å². The fourth-order valence-electron chi connectivity index (χ4n) is 1.53. The molecule has 0 saturated heterocycles. The molecule has 0 amide bonds. The van der Waals surface area contributed by atoms with Gasteiger partial charge in [-0.25, -0.2) is 4.98 Å². The second-order valence-corrected chi connectivity index (χ2v) is 3.78. The topological polar surface area (TPSA) is 45.8 Å². The highest BCUT2D eigenvalue weighted by Crippen LogP contribution is 2.15. The number of hydrogen-bond donors (Lipinski definition) is 1. The molecule has 3 nitrogen and oxygen atoms in total. The highest BCUT2D eigenvalue weighted by molar-refractivity contribution is 5.77. The lowest BCUT2D eigenvalue weighted by Crippen LogP contribution is -2.13. The fourth-order valence-corrected chi connectivity index (χ4v) is 1.53. The molecule has 0 radical (unpaired) electrons. The largest absolute Gasteiger partial charge is 0.310 e. The number of fused-ring (bicyclic) bond motifs is 1. The minimum Gasteiger partial charge on any atom is -0.310 e. The first-order chi connectivity index (χ1) is 7.22. The standard InChI is InChI=1S/C12H14N2O/c1-3-8(2)11-13-10-7-5-4-6-9(10)12(15)14-11/h4-8H,3H2,1-2H3,(H,13,14,15). The summed E-state index contributed by atoms with van der Waals surface area (Å²) in [5, 5.41) is 0.657. The van der Waals surface area contributed by atoms with Crippen molar-refractivity contribution in [2.24, 2.45) is 0 Å². The van der Waals surface area contributed by atoms with Gasteiger partial charge in [0.05, 0.1) is 10.9 Å². The van der Waals surface area contributed by atoms with Gasteiger partial charge in [0.1, 0.15) is 5.82 Å². The number of para-hydroxylation sites is 1. The van der Waals surface area contributed by atoms with Crippen molar-refractivity contribution in [1.29, 1.82) is 0 Å². The van der Waals surface area contributed by atoms with Crippen molar-refractivity contribution >= 4 is 10.9 Å². The van der Waals surface area contributed by atoms with E-state index in [-0.39, 0.29) is 5.56 Å². The van der Waals surface area contributed by atoms with Crippen LogP contribution >= 0.6 is 0 Å². The van der Waals surface area contributed by atoms with Crippen LogP contribution in [0.1, 0.15) is 32.0 Å². The zero-order valence-corrected chi connectivity index (χ0v) is 8.95. The van der Waals surface area contributed by atoms with Crippen LogP contribution in [-0.4, -0.2) is 9.97 Å². The molecular formula is C12H14N2O. The third-order valence-electron chi connectivity index (χ3n) is 2.71. The zero-order chi connectivity index (χ0) is 10.8. The molecule has 1 unspecified atom stereocenters. The molecule has 0 saturated carbocycles. The summed E-state index contributed by atoms with van der Waals surface area (Å²) >= 11 is 0. The van der Waals surface area contributed by atoms with Gasteiger partial charge in [-0.1, -0.05) is 26.0 Å². The van der Waals surface area contributed by atoms with Crippen LogP contribution in [0.2, 0.25) is 0 Å². The molecule has 0 aliphatic heterocycles. The third-order valence-corrected chi connectivity index (χ3v) is 2.71. The lowest BCUT2D eigenvalue weighted by Gasteiger charge is -2.07. The van der Waals surface area contributed by atoms with Crippen molar-refractivity contribution in [1.82, 2.24) is 9.97 Å². The number of hydrogen-bond acceptors (Lipinski definition) is 2. The number of aromatic nitrogens is 2. The minimum absolute atomic E-state index is 0.0455. The first kappa shape index (κ1) is 9.90. The summed E-state index contributed by atoms with van der Waals surface area (Å²) in [5.74, 6) is 1.07. The number of rotatable bonds is 2. The Bertz CT molecular complexity index is 530. The Hall–Kier alpha value is -1.64. The molecule has 15 heavy (non-hydrogen) atoms. The third kappa shape index (κ3) is 1.77.